The largest absolute Gasteiger partial charge is 0.318 e. The number of allylic oxidation sites excluding steroid dienone is 3. The average Bonchev–Trinajstić information content (AvgIpc) is 2.16. The zero-order valence-electron chi connectivity index (χ0n) is 7.79. The highest BCUT2D eigenvalue weighted by atomic mass is 15.1. The van der Waals surface area contributed by atoms with E-state index in [1.165, 1.54) is 18.4 Å². The predicted molar refractivity (Wildman–Crippen MR) is 52.8 cm³/mol. The summed E-state index contributed by atoms with van der Waals surface area (Å²) in [6.45, 7) is 1.71. The molecule has 0 saturated heterocycles. The molecule has 68 valence electrons. The van der Waals surface area contributed by atoms with Crippen molar-refractivity contribution in [2.45, 2.75) is 19.3 Å². The van der Waals surface area contributed by atoms with Gasteiger partial charge in [0.05, 0.1) is 0 Å². The normalized spacial score (nSPS) is 16.8. The van der Waals surface area contributed by atoms with Crippen LogP contribution in [0.4, 0.5) is 0 Å². The van der Waals surface area contributed by atoms with Gasteiger partial charge in [0.2, 0.25) is 0 Å². The number of nitrogens with zero attached hydrogens (tertiary/aromatic N) is 1. The van der Waals surface area contributed by atoms with Gasteiger partial charge in [-0.3, -0.25) is 4.90 Å². The second kappa shape index (κ2) is 5.12. The molecule has 0 amide bonds. The van der Waals surface area contributed by atoms with Crippen LogP contribution in [0.2, 0.25) is 0 Å². The van der Waals surface area contributed by atoms with Crippen molar-refractivity contribution in [1.29, 1.82) is 0 Å². The van der Waals surface area contributed by atoms with Crippen molar-refractivity contribution in [2.24, 2.45) is 5.73 Å². The number of rotatable bonds is 4. The average molecular weight is 166 g/mol. The minimum absolute atomic E-state index is 0.650. The van der Waals surface area contributed by atoms with Crippen LogP contribution in [-0.4, -0.2) is 25.2 Å². The fraction of sp³-hybridized carbons (Fsp3) is 0.600. The molecule has 0 aromatic rings. The maximum absolute atomic E-state index is 5.48. The molecule has 1 rings (SSSR count). The Morgan fingerprint density at radius 2 is 2.33 bits per heavy atom. The molecule has 0 aliphatic heterocycles. The van der Waals surface area contributed by atoms with Crippen LogP contribution in [0.3, 0.4) is 0 Å². The number of hydrogen-bond acceptors (Lipinski definition) is 2. The predicted octanol–water partition coefficient (Wildman–Crippen LogP) is 1.50. The molecule has 0 bridgehead atoms. The molecule has 0 radical (unpaired) electrons. The van der Waals surface area contributed by atoms with Crippen LogP contribution in [0.1, 0.15) is 19.3 Å². The van der Waals surface area contributed by atoms with E-state index in [-0.39, 0.29) is 0 Å². The molecular weight excluding hydrogens is 148 g/mol. The molecule has 0 unspecified atom stereocenters. The van der Waals surface area contributed by atoms with Gasteiger partial charge in [-0.05, 0) is 26.3 Å². The minimum atomic E-state index is 0.650. The van der Waals surface area contributed by atoms with Gasteiger partial charge in [-0.25, -0.2) is 0 Å². The van der Waals surface area contributed by atoms with Crippen LogP contribution in [0.15, 0.2) is 23.8 Å². The van der Waals surface area contributed by atoms with E-state index in [9.17, 15) is 0 Å². The van der Waals surface area contributed by atoms with Gasteiger partial charge in [-0.15, -0.1) is 0 Å². The van der Waals surface area contributed by atoms with Crippen molar-refractivity contribution in [3.63, 3.8) is 0 Å². The summed E-state index contributed by atoms with van der Waals surface area (Å²) in [5.41, 5.74) is 6.94. The first-order chi connectivity index (χ1) is 5.83. The summed E-state index contributed by atoms with van der Waals surface area (Å²) in [6, 6.07) is 0. The van der Waals surface area contributed by atoms with Crippen molar-refractivity contribution >= 4 is 0 Å². The first kappa shape index (κ1) is 9.49. The van der Waals surface area contributed by atoms with Crippen LogP contribution < -0.4 is 5.73 Å². The third-order valence-corrected chi connectivity index (χ3v) is 2.17. The smallest absolute Gasteiger partial charge is 0.0452 e. The van der Waals surface area contributed by atoms with E-state index in [1.807, 2.05) is 7.05 Å². The Balaban J connectivity index is 2.22. The Kier molecular flexibility index (Phi) is 4.05. The van der Waals surface area contributed by atoms with Crippen molar-refractivity contribution in [1.82, 2.24) is 4.90 Å². The van der Waals surface area contributed by atoms with Crippen molar-refractivity contribution < 1.29 is 0 Å². The Morgan fingerprint density at radius 3 is 2.92 bits per heavy atom. The number of nitrogens with two attached hydrogens (primary N) is 1. The highest BCUT2D eigenvalue weighted by Gasteiger charge is 1.99. The summed E-state index contributed by atoms with van der Waals surface area (Å²) >= 11 is 0. The second-order valence-electron chi connectivity index (χ2n) is 3.27. The van der Waals surface area contributed by atoms with Crippen LogP contribution >= 0.6 is 0 Å². The monoisotopic (exact) mass is 166 g/mol. The summed E-state index contributed by atoms with van der Waals surface area (Å²) in [7, 11) is 2.05. The lowest BCUT2D eigenvalue weighted by Crippen LogP contribution is -2.26. The van der Waals surface area contributed by atoms with E-state index in [0.29, 0.717) is 6.67 Å². The zero-order chi connectivity index (χ0) is 8.81. The molecule has 0 atom stereocenters. The van der Waals surface area contributed by atoms with Crippen molar-refractivity contribution in [3.8, 4) is 0 Å². The molecule has 1 aliphatic rings. The Hall–Kier alpha value is -0.600. The minimum Gasteiger partial charge on any atom is -0.318 e. The molecule has 12 heavy (non-hydrogen) atoms. The SMILES string of the molecule is CN(CN)CCC1=CCCC=C1. The molecule has 2 heteroatoms. The molecule has 2 N–H and O–H groups in total. The maximum Gasteiger partial charge on any atom is 0.0452 e. The summed E-state index contributed by atoms with van der Waals surface area (Å²) in [6.07, 6.45) is 10.3. The quantitative estimate of drug-likeness (QED) is 0.641. The van der Waals surface area contributed by atoms with Crippen LogP contribution in [-0.2, 0) is 0 Å². The van der Waals surface area contributed by atoms with E-state index in [0.717, 1.165) is 13.0 Å². The first-order valence-corrected chi connectivity index (χ1v) is 4.57. The van der Waals surface area contributed by atoms with Gasteiger partial charge in [-0.2, -0.15) is 0 Å². The van der Waals surface area contributed by atoms with Gasteiger partial charge in [0.1, 0.15) is 0 Å². The standard InChI is InChI=1S/C10H18N2/c1-12(9-11)8-7-10-5-3-2-4-6-10/h3,5-6H,2,4,7-9,11H2,1H3. The Labute approximate surface area is 74.7 Å². The van der Waals surface area contributed by atoms with Gasteiger partial charge in [-0.1, -0.05) is 23.8 Å². The van der Waals surface area contributed by atoms with Gasteiger partial charge >= 0.3 is 0 Å². The maximum atomic E-state index is 5.48. The molecule has 0 saturated carbocycles. The summed E-state index contributed by atoms with van der Waals surface area (Å²) in [4.78, 5) is 2.13. The van der Waals surface area contributed by atoms with E-state index in [1.54, 1.807) is 0 Å². The molecule has 0 heterocycles. The molecule has 1 aliphatic carbocycles. The second-order valence-corrected chi connectivity index (χ2v) is 3.27. The number of hydrogen-bond donors (Lipinski definition) is 1. The van der Waals surface area contributed by atoms with Gasteiger partial charge in [0.15, 0.2) is 0 Å². The van der Waals surface area contributed by atoms with Crippen molar-refractivity contribution in [2.75, 3.05) is 20.3 Å². The van der Waals surface area contributed by atoms with E-state index in [2.05, 4.69) is 23.1 Å². The summed E-state index contributed by atoms with van der Waals surface area (Å²) in [5, 5.41) is 0. The summed E-state index contributed by atoms with van der Waals surface area (Å²) in [5.74, 6) is 0. The lowest BCUT2D eigenvalue weighted by Gasteiger charge is -2.14. The molecule has 2 nitrogen and oxygen atoms in total. The van der Waals surface area contributed by atoms with E-state index in [4.69, 9.17) is 5.73 Å². The Bertz CT molecular complexity index is 182. The van der Waals surface area contributed by atoms with Gasteiger partial charge in [0.25, 0.3) is 0 Å². The molecule has 0 aromatic heterocycles. The third kappa shape index (κ3) is 3.20. The zero-order valence-corrected chi connectivity index (χ0v) is 7.79. The topological polar surface area (TPSA) is 29.3 Å². The van der Waals surface area contributed by atoms with E-state index >= 15 is 0 Å². The summed E-state index contributed by atoms with van der Waals surface area (Å²) < 4.78 is 0. The highest BCUT2D eigenvalue weighted by Crippen LogP contribution is 2.12. The Morgan fingerprint density at radius 1 is 1.50 bits per heavy atom. The fourth-order valence-corrected chi connectivity index (χ4v) is 1.26. The van der Waals surface area contributed by atoms with E-state index < -0.39 is 0 Å². The van der Waals surface area contributed by atoms with Crippen LogP contribution in [0, 0.1) is 0 Å². The molecule has 0 aromatic carbocycles. The lowest BCUT2D eigenvalue weighted by atomic mass is 10.0. The van der Waals surface area contributed by atoms with Gasteiger partial charge < -0.3 is 5.73 Å². The van der Waals surface area contributed by atoms with Crippen molar-refractivity contribution in [3.05, 3.63) is 23.8 Å². The highest BCUT2D eigenvalue weighted by molar-refractivity contribution is 5.22. The molecular formula is C10H18N2. The molecule has 0 spiro atoms. The third-order valence-electron chi connectivity index (χ3n) is 2.17. The fourth-order valence-electron chi connectivity index (χ4n) is 1.26. The van der Waals surface area contributed by atoms with Crippen LogP contribution in [0.25, 0.3) is 0 Å². The van der Waals surface area contributed by atoms with Crippen LogP contribution in [0.5, 0.6) is 0 Å². The van der Waals surface area contributed by atoms with Gasteiger partial charge in [0, 0.05) is 13.2 Å². The molecule has 0 fully saturated rings. The first-order valence-electron chi connectivity index (χ1n) is 4.57. The lowest BCUT2D eigenvalue weighted by molar-refractivity contribution is 0.349.